The van der Waals surface area contributed by atoms with Crippen LogP contribution < -0.4 is 24.7 Å². The molecule has 0 radical (unpaired) electrons. The molecule has 0 spiro atoms. The van der Waals surface area contributed by atoms with E-state index in [-0.39, 0.29) is 30.4 Å². The van der Waals surface area contributed by atoms with Gasteiger partial charge in [0.15, 0.2) is 6.61 Å². The Hall–Kier alpha value is -4.64. The summed E-state index contributed by atoms with van der Waals surface area (Å²) in [5.74, 6) is 0.743. The number of carbonyl (C=O) groups excluding carboxylic acids is 1. The number of nitrogens with zero attached hydrogens (tertiary/aromatic N) is 1. The predicted molar refractivity (Wildman–Crippen MR) is 151 cm³/mol. The average Bonchev–Trinajstić information content (AvgIpc) is 2.96. The molecular formula is C31H22Cl2N2O5. The second-order valence-corrected chi connectivity index (χ2v) is 9.64. The standard InChI is InChI=1S/C31H22Cl2N2O5/c32-21-9-6-20(27(33)14-21)17-37-23-10-7-19(8-11-23)30-25-13-12-24(15-28(25)40-31(35)26(30)16-34)39-29(36)18-38-22-4-2-1-3-5-22/h1-15,30H,17-18,35H2. The summed E-state index contributed by atoms with van der Waals surface area (Å²) in [6.45, 7) is 0.00742. The Morgan fingerprint density at radius 2 is 1.62 bits per heavy atom. The van der Waals surface area contributed by atoms with Crippen molar-refractivity contribution in [1.29, 1.82) is 5.26 Å². The topological polar surface area (TPSA) is 104 Å². The third-order valence-corrected chi connectivity index (χ3v) is 6.73. The van der Waals surface area contributed by atoms with Gasteiger partial charge in [0.1, 0.15) is 41.2 Å². The summed E-state index contributed by atoms with van der Waals surface area (Å²) < 4.78 is 22.5. The molecule has 5 rings (SSSR count). The number of fused-ring (bicyclic) bond motifs is 1. The largest absolute Gasteiger partial charge is 0.489 e. The molecule has 1 unspecified atom stereocenters. The van der Waals surface area contributed by atoms with Gasteiger partial charge in [-0.3, -0.25) is 0 Å². The van der Waals surface area contributed by atoms with Crippen LogP contribution in [0.5, 0.6) is 23.0 Å². The molecule has 0 aromatic heterocycles. The van der Waals surface area contributed by atoms with Gasteiger partial charge < -0.3 is 24.7 Å². The van der Waals surface area contributed by atoms with E-state index in [1.807, 2.05) is 48.5 Å². The molecule has 0 amide bonds. The lowest BCUT2D eigenvalue weighted by molar-refractivity contribution is -0.136. The number of nitriles is 1. The quantitative estimate of drug-likeness (QED) is 0.183. The third kappa shape index (κ3) is 6.15. The molecule has 1 atom stereocenters. The minimum Gasteiger partial charge on any atom is -0.489 e. The Morgan fingerprint density at radius 3 is 2.35 bits per heavy atom. The molecule has 0 aliphatic carbocycles. The van der Waals surface area contributed by atoms with Crippen LogP contribution in [0.15, 0.2) is 102 Å². The summed E-state index contributed by atoms with van der Waals surface area (Å²) in [6, 6.07) is 28.6. The van der Waals surface area contributed by atoms with Crippen molar-refractivity contribution < 1.29 is 23.7 Å². The fourth-order valence-corrected chi connectivity index (χ4v) is 4.68. The Labute approximate surface area is 240 Å². The minimum atomic E-state index is -0.576. The highest BCUT2D eigenvalue weighted by Gasteiger charge is 2.31. The zero-order valence-electron chi connectivity index (χ0n) is 21.0. The van der Waals surface area contributed by atoms with Gasteiger partial charge in [0, 0.05) is 27.2 Å². The van der Waals surface area contributed by atoms with E-state index in [2.05, 4.69) is 6.07 Å². The smallest absolute Gasteiger partial charge is 0.349 e. The molecule has 9 heteroatoms. The highest BCUT2D eigenvalue weighted by atomic mass is 35.5. The Bertz CT molecular complexity index is 1620. The maximum Gasteiger partial charge on any atom is 0.349 e. The van der Waals surface area contributed by atoms with E-state index in [1.165, 1.54) is 0 Å². The van der Waals surface area contributed by atoms with Crippen LogP contribution in [-0.2, 0) is 11.4 Å². The minimum absolute atomic E-state index is 0.0198. The van der Waals surface area contributed by atoms with E-state index in [1.54, 1.807) is 42.5 Å². The van der Waals surface area contributed by atoms with Crippen LogP contribution in [0.4, 0.5) is 0 Å². The third-order valence-electron chi connectivity index (χ3n) is 6.14. The van der Waals surface area contributed by atoms with E-state index >= 15 is 0 Å². The number of ether oxygens (including phenoxy) is 4. The first-order chi connectivity index (χ1) is 19.4. The van der Waals surface area contributed by atoms with E-state index in [4.69, 9.17) is 47.9 Å². The fourth-order valence-electron chi connectivity index (χ4n) is 4.22. The van der Waals surface area contributed by atoms with Crippen LogP contribution in [0.25, 0.3) is 0 Å². The van der Waals surface area contributed by atoms with Gasteiger partial charge in [0.25, 0.3) is 0 Å². The lowest BCUT2D eigenvalue weighted by atomic mass is 9.83. The molecular weight excluding hydrogens is 551 g/mol. The van der Waals surface area contributed by atoms with Crippen molar-refractivity contribution in [1.82, 2.24) is 0 Å². The summed E-state index contributed by atoms with van der Waals surface area (Å²) in [4.78, 5) is 12.3. The zero-order chi connectivity index (χ0) is 28.1. The first-order valence-corrected chi connectivity index (χ1v) is 12.9. The molecule has 7 nitrogen and oxygen atoms in total. The molecule has 0 saturated carbocycles. The molecule has 4 aromatic carbocycles. The predicted octanol–water partition coefficient (Wildman–Crippen LogP) is 6.77. The van der Waals surface area contributed by atoms with Gasteiger partial charge in [-0.25, -0.2) is 4.79 Å². The van der Waals surface area contributed by atoms with Gasteiger partial charge in [-0.05, 0) is 48.0 Å². The molecule has 4 aromatic rings. The Balaban J connectivity index is 1.31. The number of para-hydroxylation sites is 1. The maximum absolute atomic E-state index is 12.3. The molecule has 2 N–H and O–H groups in total. The van der Waals surface area contributed by atoms with E-state index in [9.17, 15) is 10.1 Å². The number of carbonyl (C=O) groups is 1. The number of hydrogen-bond donors (Lipinski definition) is 1. The van der Waals surface area contributed by atoms with Crippen molar-refractivity contribution in [2.24, 2.45) is 5.73 Å². The van der Waals surface area contributed by atoms with Crippen molar-refractivity contribution in [2.45, 2.75) is 12.5 Å². The molecule has 40 heavy (non-hydrogen) atoms. The summed E-state index contributed by atoms with van der Waals surface area (Å²) in [5, 5.41) is 10.9. The van der Waals surface area contributed by atoms with Gasteiger partial charge >= 0.3 is 5.97 Å². The van der Waals surface area contributed by atoms with Crippen molar-refractivity contribution in [2.75, 3.05) is 6.61 Å². The summed E-state index contributed by atoms with van der Waals surface area (Å²) in [6.07, 6.45) is 0. The van der Waals surface area contributed by atoms with Crippen molar-refractivity contribution in [3.8, 4) is 29.1 Å². The number of hydrogen-bond acceptors (Lipinski definition) is 7. The number of allylic oxidation sites excluding steroid dienone is 1. The molecule has 0 saturated heterocycles. The highest BCUT2D eigenvalue weighted by Crippen LogP contribution is 2.43. The number of benzene rings is 4. The zero-order valence-corrected chi connectivity index (χ0v) is 22.5. The number of rotatable bonds is 8. The summed E-state index contributed by atoms with van der Waals surface area (Å²) >= 11 is 12.2. The second kappa shape index (κ2) is 12.0. The Morgan fingerprint density at radius 1 is 0.900 bits per heavy atom. The molecule has 1 aliphatic rings. The first kappa shape index (κ1) is 26.9. The van der Waals surface area contributed by atoms with Gasteiger partial charge in [-0.2, -0.15) is 5.26 Å². The van der Waals surface area contributed by atoms with Crippen LogP contribution in [0, 0.1) is 11.3 Å². The summed E-state index contributed by atoms with van der Waals surface area (Å²) in [7, 11) is 0. The normalized spacial score (nSPS) is 14.0. The molecule has 1 heterocycles. The van der Waals surface area contributed by atoms with Crippen molar-refractivity contribution in [3.63, 3.8) is 0 Å². The summed E-state index contributed by atoms with van der Waals surface area (Å²) in [5.41, 5.74) is 8.71. The van der Waals surface area contributed by atoms with Crippen molar-refractivity contribution in [3.05, 3.63) is 129 Å². The average molecular weight is 573 g/mol. The van der Waals surface area contributed by atoms with E-state index in [0.29, 0.717) is 32.9 Å². The number of nitrogens with two attached hydrogens (primary N) is 1. The molecule has 1 aliphatic heterocycles. The van der Waals surface area contributed by atoms with Crippen LogP contribution in [0.2, 0.25) is 10.0 Å². The van der Waals surface area contributed by atoms with Gasteiger partial charge in [0.05, 0.1) is 5.92 Å². The van der Waals surface area contributed by atoms with Crippen LogP contribution >= 0.6 is 23.2 Å². The lowest BCUT2D eigenvalue weighted by Crippen LogP contribution is -2.21. The van der Waals surface area contributed by atoms with E-state index in [0.717, 1.165) is 11.1 Å². The SMILES string of the molecule is N#CC1=C(N)Oc2cc(OC(=O)COc3ccccc3)ccc2C1c1ccc(OCc2ccc(Cl)cc2Cl)cc1. The highest BCUT2D eigenvalue weighted by molar-refractivity contribution is 6.35. The van der Waals surface area contributed by atoms with Crippen LogP contribution in [0.1, 0.15) is 22.6 Å². The molecule has 0 fully saturated rings. The van der Waals surface area contributed by atoms with Gasteiger partial charge in [-0.1, -0.05) is 65.7 Å². The second-order valence-electron chi connectivity index (χ2n) is 8.79. The van der Waals surface area contributed by atoms with Crippen molar-refractivity contribution >= 4 is 29.2 Å². The Kier molecular flexibility index (Phi) is 8.11. The number of esters is 1. The number of halogens is 2. The van der Waals surface area contributed by atoms with Gasteiger partial charge in [-0.15, -0.1) is 0 Å². The molecule has 200 valence electrons. The van der Waals surface area contributed by atoms with Crippen LogP contribution in [-0.4, -0.2) is 12.6 Å². The monoisotopic (exact) mass is 572 g/mol. The molecule has 0 bridgehead atoms. The van der Waals surface area contributed by atoms with E-state index < -0.39 is 11.9 Å². The van der Waals surface area contributed by atoms with Gasteiger partial charge in [0.2, 0.25) is 5.88 Å². The van der Waals surface area contributed by atoms with Crippen LogP contribution in [0.3, 0.4) is 0 Å². The first-order valence-electron chi connectivity index (χ1n) is 12.2. The lowest BCUT2D eigenvalue weighted by Gasteiger charge is -2.26. The fraction of sp³-hybridized carbons (Fsp3) is 0.0968. The maximum atomic E-state index is 12.3.